The third-order valence-corrected chi connectivity index (χ3v) is 1.15. The van der Waals surface area contributed by atoms with Gasteiger partial charge in [-0.3, -0.25) is 4.98 Å². The van der Waals surface area contributed by atoms with Crippen molar-refractivity contribution in [3.63, 3.8) is 0 Å². The van der Waals surface area contributed by atoms with Gasteiger partial charge in [-0.1, -0.05) is 13.8 Å². The van der Waals surface area contributed by atoms with Crippen LogP contribution in [-0.4, -0.2) is 4.98 Å². The quantitative estimate of drug-likeness (QED) is 0.594. The average molecular weight is 153 g/mol. The number of rotatable bonds is 0. The third-order valence-electron chi connectivity index (χ3n) is 1.15. The standard InChI is InChI=1S/C6H9N3.C2H6/c1-4-6(8)2-5(7)3-9-4;1-2/h2-3H,7-8H2,1H3;1-2H3. The topological polar surface area (TPSA) is 64.9 Å². The summed E-state index contributed by atoms with van der Waals surface area (Å²) in [6.45, 7) is 5.84. The zero-order valence-corrected chi connectivity index (χ0v) is 7.26. The van der Waals surface area contributed by atoms with E-state index in [9.17, 15) is 0 Å². The van der Waals surface area contributed by atoms with Gasteiger partial charge in [0.15, 0.2) is 0 Å². The third kappa shape index (κ3) is 2.89. The summed E-state index contributed by atoms with van der Waals surface area (Å²) >= 11 is 0. The predicted molar refractivity (Wildman–Crippen MR) is 49.1 cm³/mol. The summed E-state index contributed by atoms with van der Waals surface area (Å²) in [5.41, 5.74) is 12.9. The first-order valence-corrected chi connectivity index (χ1v) is 3.68. The molecule has 1 aromatic rings. The first kappa shape index (κ1) is 9.75. The lowest BCUT2D eigenvalue weighted by molar-refractivity contribution is 1.21. The first-order chi connectivity index (χ1) is 5.20. The number of aryl methyl sites for hydroxylation is 1. The van der Waals surface area contributed by atoms with E-state index in [1.54, 1.807) is 12.3 Å². The lowest BCUT2D eigenvalue weighted by Crippen LogP contribution is -1.94. The van der Waals surface area contributed by atoms with Crippen molar-refractivity contribution in [1.29, 1.82) is 0 Å². The highest BCUT2D eigenvalue weighted by Crippen LogP contribution is 2.09. The van der Waals surface area contributed by atoms with Gasteiger partial charge in [-0.25, -0.2) is 0 Å². The van der Waals surface area contributed by atoms with Crippen molar-refractivity contribution in [1.82, 2.24) is 4.98 Å². The molecule has 0 atom stereocenters. The number of nitrogens with two attached hydrogens (primary N) is 2. The van der Waals surface area contributed by atoms with Crippen LogP contribution in [0.1, 0.15) is 19.5 Å². The fourth-order valence-corrected chi connectivity index (χ4v) is 0.567. The maximum absolute atomic E-state index is 5.48. The van der Waals surface area contributed by atoms with Crippen molar-refractivity contribution in [2.24, 2.45) is 0 Å². The van der Waals surface area contributed by atoms with Crippen LogP contribution in [-0.2, 0) is 0 Å². The Hall–Kier alpha value is -1.25. The van der Waals surface area contributed by atoms with Crippen LogP contribution in [0.25, 0.3) is 0 Å². The second-order valence-corrected chi connectivity index (χ2v) is 1.94. The molecule has 0 radical (unpaired) electrons. The molecule has 3 heteroatoms. The summed E-state index contributed by atoms with van der Waals surface area (Å²) in [5, 5.41) is 0. The van der Waals surface area contributed by atoms with Crippen molar-refractivity contribution < 1.29 is 0 Å². The van der Waals surface area contributed by atoms with Crippen LogP contribution >= 0.6 is 0 Å². The largest absolute Gasteiger partial charge is 0.397 e. The van der Waals surface area contributed by atoms with Gasteiger partial charge in [0.2, 0.25) is 0 Å². The van der Waals surface area contributed by atoms with E-state index in [4.69, 9.17) is 11.5 Å². The number of hydrogen-bond donors (Lipinski definition) is 2. The molecule has 4 N–H and O–H groups in total. The molecule has 0 bridgehead atoms. The van der Waals surface area contributed by atoms with E-state index in [2.05, 4.69) is 4.98 Å². The second-order valence-electron chi connectivity index (χ2n) is 1.94. The summed E-state index contributed by atoms with van der Waals surface area (Å²) in [4.78, 5) is 3.93. The van der Waals surface area contributed by atoms with Crippen LogP contribution in [0.3, 0.4) is 0 Å². The Balaban J connectivity index is 0.000000461. The lowest BCUT2D eigenvalue weighted by atomic mass is 10.3. The fourth-order valence-electron chi connectivity index (χ4n) is 0.567. The molecule has 0 aliphatic rings. The summed E-state index contributed by atoms with van der Waals surface area (Å²) in [7, 11) is 0. The Kier molecular flexibility index (Phi) is 4.03. The molecule has 62 valence electrons. The lowest BCUT2D eigenvalue weighted by Gasteiger charge is -1.97. The highest BCUT2D eigenvalue weighted by molar-refractivity contribution is 5.51. The predicted octanol–water partition coefficient (Wildman–Crippen LogP) is 1.58. The number of aromatic nitrogens is 1. The summed E-state index contributed by atoms with van der Waals surface area (Å²) in [5.74, 6) is 0. The molecule has 0 aliphatic carbocycles. The normalized spacial score (nSPS) is 8.27. The van der Waals surface area contributed by atoms with Crippen molar-refractivity contribution in [2.45, 2.75) is 20.8 Å². The molecule has 0 aliphatic heterocycles. The highest BCUT2D eigenvalue weighted by Gasteiger charge is 1.91. The molecule has 1 heterocycles. The van der Waals surface area contributed by atoms with E-state index in [1.165, 1.54) is 0 Å². The molecular weight excluding hydrogens is 138 g/mol. The maximum Gasteiger partial charge on any atom is 0.0603 e. The molecule has 1 rings (SSSR count). The van der Waals surface area contributed by atoms with Crippen molar-refractivity contribution in [3.05, 3.63) is 18.0 Å². The Bertz CT molecular complexity index is 221. The van der Waals surface area contributed by atoms with Crippen molar-refractivity contribution in [2.75, 3.05) is 11.5 Å². The van der Waals surface area contributed by atoms with Gasteiger partial charge in [-0.15, -0.1) is 0 Å². The minimum absolute atomic E-state index is 0.609. The van der Waals surface area contributed by atoms with Gasteiger partial charge in [0.25, 0.3) is 0 Å². The minimum atomic E-state index is 0.609. The van der Waals surface area contributed by atoms with E-state index in [1.807, 2.05) is 20.8 Å². The Morgan fingerprint density at radius 1 is 1.27 bits per heavy atom. The SMILES string of the molecule is CC.Cc1ncc(N)cc1N. The van der Waals surface area contributed by atoms with Gasteiger partial charge < -0.3 is 11.5 Å². The zero-order chi connectivity index (χ0) is 8.85. The van der Waals surface area contributed by atoms with Gasteiger partial charge in [-0.05, 0) is 13.0 Å². The van der Waals surface area contributed by atoms with Gasteiger partial charge >= 0.3 is 0 Å². The summed E-state index contributed by atoms with van der Waals surface area (Å²) in [6.07, 6.45) is 1.59. The van der Waals surface area contributed by atoms with Crippen LogP contribution < -0.4 is 11.5 Å². The highest BCUT2D eigenvalue weighted by atomic mass is 14.8. The first-order valence-electron chi connectivity index (χ1n) is 3.68. The molecule has 0 unspecified atom stereocenters. The number of anilines is 2. The van der Waals surface area contributed by atoms with E-state index in [-0.39, 0.29) is 0 Å². The van der Waals surface area contributed by atoms with Crippen LogP contribution in [0.15, 0.2) is 12.3 Å². The minimum Gasteiger partial charge on any atom is -0.397 e. The van der Waals surface area contributed by atoms with Gasteiger partial charge in [0.1, 0.15) is 0 Å². The molecule has 0 fully saturated rings. The molecule has 0 amide bonds. The second kappa shape index (κ2) is 4.55. The maximum atomic E-state index is 5.48. The Morgan fingerprint density at radius 2 is 1.82 bits per heavy atom. The van der Waals surface area contributed by atoms with E-state index >= 15 is 0 Å². The molecule has 0 saturated heterocycles. The summed E-state index contributed by atoms with van der Waals surface area (Å²) < 4.78 is 0. The smallest absolute Gasteiger partial charge is 0.0603 e. The van der Waals surface area contributed by atoms with Gasteiger partial charge in [-0.2, -0.15) is 0 Å². The van der Waals surface area contributed by atoms with E-state index in [0.29, 0.717) is 11.4 Å². The molecule has 0 spiro atoms. The molecule has 3 nitrogen and oxygen atoms in total. The molecule has 0 aromatic carbocycles. The van der Waals surface area contributed by atoms with Crippen LogP contribution in [0.2, 0.25) is 0 Å². The van der Waals surface area contributed by atoms with E-state index in [0.717, 1.165) is 5.69 Å². The summed E-state index contributed by atoms with van der Waals surface area (Å²) in [6, 6.07) is 1.70. The Morgan fingerprint density at radius 3 is 2.18 bits per heavy atom. The molecule has 1 aromatic heterocycles. The van der Waals surface area contributed by atoms with Crippen molar-refractivity contribution >= 4 is 11.4 Å². The fraction of sp³-hybridized carbons (Fsp3) is 0.375. The van der Waals surface area contributed by atoms with Crippen LogP contribution in [0.4, 0.5) is 11.4 Å². The van der Waals surface area contributed by atoms with Crippen molar-refractivity contribution in [3.8, 4) is 0 Å². The number of nitrogens with zero attached hydrogens (tertiary/aromatic N) is 1. The van der Waals surface area contributed by atoms with Gasteiger partial charge in [0, 0.05) is 0 Å². The number of hydrogen-bond acceptors (Lipinski definition) is 3. The van der Waals surface area contributed by atoms with Crippen LogP contribution in [0, 0.1) is 6.92 Å². The number of pyridine rings is 1. The van der Waals surface area contributed by atoms with Gasteiger partial charge in [0.05, 0.1) is 23.3 Å². The monoisotopic (exact) mass is 153 g/mol. The van der Waals surface area contributed by atoms with E-state index < -0.39 is 0 Å². The molecule has 0 saturated carbocycles. The zero-order valence-electron chi connectivity index (χ0n) is 7.26. The number of nitrogen functional groups attached to an aromatic ring is 2. The molecular formula is C8H15N3. The Labute approximate surface area is 67.4 Å². The van der Waals surface area contributed by atoms with Crippen LogP contribution in [0.5, 0.6) is 0 Å². The average Bonchev–Trinajstić information content (AvgIpc) is 2.02. The molecule has 11 heavy (non-hydrogen) atoms.